The van der Waals surface area contributed by atoms with Gasteiger partial charge >= 0.3 is 0 Å². The summed E-state index contributed by atoms with van der Waals surface area (Å²) in [5, 5.41) is 3.09. The highest BCUT2D eigenvalue weighted by Gasteiger charge is 2.31. The number of hydrogen-bond donors (Lipinski definition) is 1. The molecular weight excluding hydrogens is 279 g/mol. The fourth-order valence-corrected chi connectivity index (χ4v) is 3.40. The predicted octanol–water partition coefficient (Wildman–Crippen LogP) is 1.23. The molecule has 0 saturated carbocycles. The average molecular weight is 295 g/mol. The molecule has 0 spiro atoms. The summed E-state index contributed by atoms with van der Waals surface area (Å²) in [5.41, 5.74) is 0. The first-order valence-corrected chi connectivity index (χ1v) is 6.91. The third kappa shape index (κ3) is 2.83. The second-order valence-electron chi connectivity index (χ2n) is 4.10. The Hall–Kier alpha value is -0.690. The molecule has 18 heavy (non-hydrogen) atoms. The van der Waals surface area contributed by atoms with E-state index in [4.69, 9.17) is 0 Å². The van der Waals surface area contributed by atoms with E-state index in [-0.39, 0.29) is 23.3 Å². The summed E-state index contributed by atoms with van der Waals surface area (Å²) in [6.07, 6.45) is 0.754. The summed E-state index contributed by atoms with van der Waals surface area (Å²) in [6.45, 7) is 1.41. The van der Waals surface area contributed by atoms with E-state index in [1.54, 1.807) is 0 Å². The predicted molar refractivity (Wildman–Crippen MR) is 69.9 cm³/mol. The Bertz CT molecular complexity index is 504. The van der Waals surface area contributed by atoms with Gasteiger partial charge < -0.3 is 5.32 Å². The summed E-state index contributed by atoms with van der Waals surface area (Å²) >= 11 is 0. The molecule has 1 aromatic rings. The largest absolute Gasteiger partial charge is 0.315 e. The van der Waals surface area contributed by atoms with Gasteiger partial charge in [0.1, 0.15) is 10.7 Å². The van der Waals surface area contributed by atoms with Crippen LogP contribution in [0.3, 0.4) is 0 Å². The van der Waals surface area contributed by atoms with E-state index in [0.717, 1.165) is 19.0 Å². The van der Waals surface area contributed by atoms with Gasteiger partial charge in [0.25, 0.3) is 0 Å². The van der Waals surface area contributed by atoms with E-state index in [1.165, 1.54) is 29.6 Å². The highest BCUT2D eigenvalue weighted by Crippen LogP contribution is 2.21. The van der Waals surface area contributed by atoms with Crippen molar-refractivity contribution in [3.05, 3.63) is 30.1 Å². The van der Waals surface area contributed by atoms with E-state index < -0.39 is 15.8 Å². The molecule has 1 atom stereocenters. The van der Waals surface area contributed by atoms with Crippen molar-refractivity contribution in [1.82, 2.24) is 9.62 Å². The van der Waals surface area contributed by atoms with Crippen LogP contribution in [0.15, 0.2) is 29.2 Å². The zero-order chi connectivity index (χ0) is 12.5. The van der Waals surface area contributed by atoms with Gasteiger partial charge in [-0.05, 0) is 25.1 Å². The molecule has 7 heteroatoms. The van der Waals surface area contributed by atoms with Crippen LogP contribution in [-0.4, -0.2) is 38.9 Å². The molecule has 1 aliphatic heterocycles. The van der Waals surface area contributed by atoms with Gasteiger partial charge in [-0.2, -0.15) is 4.31 Å². The van der Waals surface area contributed by atoms with Gasteiger partial charge in [-0.25, -0.2) is 12.8 Å². The van der Waals surface area contributed by atoms with Gasteiger partial charge in [-0.3, -0.25) is 0 Å². The maximum absolute atomic E-state index is 13.5. The number of hydrogen-bond acceptors (Lipinski definition) is 3. The number of sulfonamides is 1. The Morgan fingerprint density at radius 1 is 1.39 bits per heavy atom. The summed E-state index contributed by atoms with van der Waals surface area (Å²) in [6, 6.07) is 5.36. The second-order valence-corrected chi connectivity index (χ2v) is 6.06. The van der Waals surface area contributed by atoms with E-state index >= 15 is 0 Å². The van der Waals surface area contributed by atoms with Crippen molar-refractivity contribution in [3.63, 3.8) is 0 Å². The molecule has 1 aliphatic rings. The molecule has 0 bridgehead atoms. The van der Waals surface area contributed by atoms with Crippen LogP contribution in [0, 0.1) is 5.82 Å². The molecular formula is C11H16ClFN2O2S. The number of rotatable bonds is 3. The first-order chi connectivity index (χ1) is 8.03. The summed E-state index contributed by atoms with van der Waals surface area (Å²) in [5.74, 6) is -0.703. The SMILES string of the molecule is CN(C1CCNC1)S(=O)(=O)c1ccccc1F.Cl. The van der Waals surface area contributed by atoms with Gasteiger partial charge in [0, 0.05) is 19.6 Å². The van der Waals surface area contributed by atoms with Crippen LogP contribution in [0.4, 0.5) is 4.39 Å². The molecule has 0 radical (unpaired) electrons. The molecule has 2 rings (SSSR count). The fraction of sp³-hybridized carbons (Fsp3) is 0.455. The van der Waals surface area contributed by atoms with Crippen LogP contribution in [0.25, 0.3) is 0 Å². The minimum absolute atomic E-state index is 0. The molecule has 1 fully saturated rings. The molecule has 4 nitrogen and oxygen atoms in total. The molecule has 1 saturated heterocycles. The molecule has 0 aromatic heterocycles. The molecule has 1 heterocycles. The van der Waals surface area contributed by atoms with E-state index in [0.29, 0.717) is 6.54 Å². The standard InChI is InChI=1S/C11H15FN2O2S.ClH/c1-14(9-6-7-13-8-9)17(15,16)11-5-3-2-4-10(11)12;/h2-5,9,13H,6-8H2,1H3;1H. The van der Waals surface area contributed by atoms with Crippen LogP contribution < -0.4 is 5.32 Å². The van der Waals surface area contributed by atoms with Crippen molar-refractivity contribution in [1.29, 1.82) is 0 Å². The highest BCUT2D eigenvalue weighted by molar-refractivity contribution is 7.89. The number of likely N-dealkylation sites (N-methyl/N-ethyl adjacent to an activating group) is 1. The van der Waals surface area contributed by atoms with Crippen molar-refractivity contribution in [2.75, 3.05) is 20.1 Å². The molecule has 1 aromatic carbocycles. The van der Waals surface area contributed by atoms with E-state index in [9.17, 15) is 12.8 Å². The number of halogens is 2. The van der Waals surface area contributed by atoms with Crippen molar-refractivity contribution in [2.45, 2.75) is 17.4 Å². The van der Waals surface area contributed by atoms with E-state index in [1.807, 2.05) is 0 Å². The number of nitrogens with one attached hydrogen (secondary N) is 1. The summed E-state index contributed by atoms with van der Waals surface area (Å²) in [7, 11) is -2.24. The summed E-state index contributed by atoms with van der Waals surface area (Å²) in [4.78, 5) is -0.255. The minimum Gasteiger partial charge on any atom is -0.315 e. The average Bonchev–Trinajstić information content (AvgIpc) is 2.81. The van der Waals surface area contributed by atoms with Crippen LogP contribution >= 0.6 is 12.4 Å². The lowest BCUT2D eigenvalue weighted by Crippen LogP contribution is -2.38. The molecule has 0 aliphatic carbocycles. The lowest BCUT2D eigenvalue weighted by Gasteiger charge is -2.23. The zero-order valence-corrected chi connectivity index (χ0v) is 11.6. The Morgan fingerprint density at radius 2 is 2.06 bits per heavy atom. The Morgan fingerprint density at radius 3 is 2.61 bits per heavy atom. The number of benzene rings is 1. The third-order valence-corrected chi connectivity index (χ3v) is 4.99. The maximum atomic E-state index is 13.5. The molecule has 1 unspecified atom stereocenters. The van der Waals surface area contributed by atoms with Gasteiger partial charge in [0.15, 0.2) is 0 Å². The Kier molecular flexibility index (Phi) is 5.10. The second kappa shape index (κ2) is 5.97. The van der Waals surface area contributed by atoms with Crippen molar-refractivity contribution in [2.24, 2.45) is 0 Å². The minimum atomic E-state index is -3.73. The Balaban J connectivity index is 0.00000162. The van der Waals surface area contributed by atoms with E-state index in [2.05, 4.69) is 5.32 Å². The van der Waals surface area contributed by atoms with Gasteiger partial charge in [0.05, 0.1) is 0 Å². The number of nitrogens with zero attached hydrogens (tertiary/aromatic N) is 1. The first-order valence-electron chi connectivity index (χ1n) is 5.47. The Labute approximate surface area is 113 Å². The lowest BCUT2D eigenvalue weighted by atomic mass is 10.3. The van der Waals surface area contributed by atoms with Gasteiger partial charge in [-0.1, -0.05) is 12.1 Å². The van der Waals surface area contributed by atoms with Gasteiger partial charge in [-0.15, -0.1) is 12.4 Å². The zero-order valence-electron chi connectivity index (χ0n) is 9.97. The highest BCUT2D eigenvalue weighted by atomic mass is 35.5. The molecule has 0 amide bonds. The van der Waals surface area contributed by atoms with Crippen molar-refractivity contribution in [3.8, 4) is 0 Å². The quantitative estimate of drug-likeness (QED) is 0.912. The van der Waals surface area contributed by atoms with Crippen LogP contribution in [-0.2, 0) is 10.0 Å². The third-order valence-electron chi connectivity index (χ3n) is 3.04. The van der Waals surface area contributed by atoms with Crippen LogP contribution in [0.2, 0.25) is 0 Å². The van der Waals surface area contributed by atoms with Crippen molar-refractivity contribution < 1.29 is 12.8 Å². The van der Waals surface area contributed by atoms with Gasteiger partial charge in [0.2, 0.25) is 10.0 Å². The maximum Gasteiger partial charge on any atom is 0.246 e. The monoisotopic (exact) mass is 294 g/mol. The first kappa shape index (κ1) is 15.4. The smallest absolute Gasteiger partial charge is 0.246 e. The van der Waals surface area contributed by atoms with Crippen LogP contribution in [0.1, 0.15) is 6.42 Å². The molecule has 102 valence electrons. The van der Waals surface area contributed by atoms with Crippen LogP contribution in [0.5, 0.6) is 0 Å². The normalized spacial score (nSPS) is 19.8. The molecule has 1 N–H and O–H groups in total. The summed E-state index contributed by atoms with van der Waals surface area (Å²) < 4.78 is 39.2. The lowest BCUT2D eigenvalue weighted by molar-refractivity contribution is 0.385. The van der Waals surface area contributed by atoms with Crippen molar-refractivity contribution >= 4 is 22.4 Å². The topological polar surface area (TPSA) is 49.4 Å². The fourth-order valence-electron chi connectivity index (χ4n) is 1.96.